The maximum absolute atomic E-state index is 7.50. The molecule has 2 atom stereocenters. The first-order valence-corrected chi connectivity index (χ1v) is 5.72. The summed E-state index contributed by atoms with van der Waals surface area (Å²) in [6.45, 7) is 22.5. The van der Waals surface area contributed by atoms with Crippen LogP contribution in [-0.4, -0.2) is 24.9 Å². The van der Waals surface area contributed by atoms with Crippen molar-refractivity contribution in [2.75, 3.05) is 14.2 Å². The van der Waals surface area contributed by atoms with Crippen LogP contribution in [0.2, 0.25) is 0 Å². The van der Waals surface area contributed by atoms with E-state index in [0.29, 0.717) is 5.92 Å². The first kappa shape index (κ1) is 32.6. The van der Waals surface area contributed by atoms with E-state index >= 15 is 0 Å². The average Bonchev–Trinajstić information content (AvgIpc) is 2.69. The number of hydrogen-bond donors (Lipinski definition) is 0. The van der Waals surface area contributed by atoms with Crippen LogP contribution < -0.4 is 0 Å². The second-order valence-electron chi connectivity index (χ2n) is 2.84. The van der Waals surface area contributed by atoms with Gasteiger partial charge in [-0.1, -0.05) is 0 Å². The molecule has 0 saturated carbocycles. The molecule has 0 bridgehead atoms. The molecule has 0 saturated heterocycles. The molecule has 118 valence electrons. The van der Waals surface area contributed by atoms with Gasteiger partial charge >= 0.3 is 138 Å². The molecular formula is C14H14CrO7. The summed E-state index contributed by atoms with van der Waals surface area (Å²) in [5, 5.41) is 0. The molecule has 0 aliphatic heterocycles. The number of ether oxygens (including phenoxy) is 2. The first-order valence-electron chi connectivity index (χ1n) is 5.09. The van der Waals surface area contributed by atoms with Crippen molar-refractivity contribution < 1.29 is 48.6 Å². The summed E-state index contributed by atoms with van der Waals surface area (Å²) in [6, 6.07) is 0. The second-order valence-corrected chi connectivity index (χ2v) is 3.46. The van der Waals surface area contributed by atoms with Crippen LogP contribution in [0.1, 0.15) is 12.8 Å². The normalized spacial score (nSPS) is 16.2. The Kier molecular flexibility index (Phi) is 54.5. The number of rotatable bonds is 3. The predicted molar refractivity (Wildman–Crippen MR) is 64.3 cm³/mol. The summed E-state index contributed by atoms with van der Waals surface area (Å²) in [5.74, 6) is 0.380. The summed E-state index contributed by atoms with van der Waals surface area (Å²) in [5.41, 5.74) is 0. The maximum atomic E-state index is 7.50. The molecule has 0 fully saturated rings. The van der Waals surface area contributed by atoms with Gasteiger partial charge in [-0.05, 0) is 0 Å². The van der Waals surface area contributed by atoms with Crippen LogP contribution in [0, 0.1) is 39.2 Å². The summed E-state index contributed by atoms with van der Waals surface area (Å²) in [7, 11) is 3.42. The molecule has 0 amide bonds. The zero-order valence-electron chi connectivity index (χ0n) is 12.0. The van der Waals surface area contributed by atoms with Gasteiger partial charge < -0.3 is 0 Å². The number of methoxy groups -OCH3 is 2. The van der Waals surface area contributed by atoms with Gasteiger partial charge in [0.2, 0.25) is 0 Å². The SMILES string of the molecule is CO[C](=[Cr])[C@@H]1CCC=C[C@H]1OC.[C-]#[O+].[C-]#[O+].[C-]#[O+].[C-]#[O+].[C-]#[O+]. The van der Waals surface area contributed by atoms with Crippen molar-refractivity contribution in [3.8, 4) is 0 Å². The Balaban J connectivity index is -0.0000000822. The van der Waals surface area contributed by atoms with E-state index < -0.39 is 0 Å². The number of hydrogen-bond acceptors (Lipinski definition) is 2. The molecule has 0 spiro atoms. The van der Waals surface area contributed by atoms with E-state index in [1.165, 1.54) is 0 Å². The zero-order chi connectivity index (χ0) is 19.0. The van der Waals surface area contributed by atoms with E-state index in [1.54, 1.807) is 14.2 Å². The van der Waals surface area contributed by atoms with Crippen LogP contribution in [0.15, 0.2) is 12.2 Å². The molecule has 0 aromatic heterocycles. The standard InChI is InChI=1S/C9H14O2.5CO.Cr/c1-10-7-8-5-3-4-6-9(8)11-2;5*1-2;/h4,6,8-9H,3,5H2,1-2H3;;;;;;/t8-,9+;;;;;;/m0....../s1. The van der Waals surface area contributed by atoms with Gasteiger partial charge in [-0.2, -0.15) is 0 Å². The van der Waals surface area contributed by atoms with E-state index in [1.807, 2.05) is 0 Å². The molecule has 0 radical (unpaired) electrons. The van der Waals surface area contributed by atoms with Crippen molar-refractivity contribution in [2.24, 2.45) is 5.92 Å². The monoisotopic (exact) mass is 346 g/mol. The Labute approximate surface area is 138 Å². The molecule has 1 rings (SSSR count). The summed E-state index contributed by atoms with van der Waals surface area (Å²) in [6.07, 6.45) is 6.65. The zero-order valence-corrected chi connectivity index (χ0v) is 13.3. The first-order chi connectivity index (χ1) is 10.8. The third kappa shape index (κ3) is 18.8. The molecule has 0 N–H and O–H groups in total. The van der Waals surface area contributed by atoms with Crippen molar-refractivity contribution >= 4 is 4.57 Å². The summed E-state index contributed by atoms with van der Waals surface area (Å²) in [4.78, 5) is 0. The molecule has 1 aliphatic carbocycles. The molecule has 0 heterocycles. The van der Waals surface area contributed by atoms with E-state index in [-0.39, 0.29) is 6.10 Å². The molecule has 0 unspecified atom stereocenters. The molecule has 8 heteroatoms. The van der Waals surface area contributed by atoms with Crippen LogP contribution in [-0.2, 0) is 48.6 Å². The molecule has 22 heavy (non-hydrogen) atoms. The van der Waals surface area contributed by atoms with Gasteiger partial charge in [-0.25, -0.2) is 0 Å². The van der Waals surface area contributed by atoms with Crippen molar-refractivity contribution in [3.05, 3.63) is 45.4 Å². The van der Waals surface area contributed by atoms with Gasteiger partial charge in [0.1, 0.15) is 0 Å². The Morgan fingerprint density at radius 3 is 1.68 bits per heavy atom. The van der Waals surface area contributed by atoms with Crippen molar-refractivity contribution in [3.63, 3.8) is 0 Å². The summed E-state index contributed by atoms with van der Waals surface area (Å²) < 4.78 is 48.9. The predicted octanol–water partition coefficient (Wildman–Crippen LogP) is 1.10. The quantitative estimate of drug-likeness (QED) is 0.432. The van der Waals surface area contributed by atoms with Gasteiger partial charge in [0.05, 0.1) is 0 Å². The summed E-state index contributed by atoms with van der Waals surface area (Å²) >= 11 is 2.94. The van der Waals surface area contributed by atoms with Crippen LogP contribution >= 0.6 is 0 Å². The van der Waals surface area contributed by atoms with E-state index in [2.05, 4.69) is 61.3 Å². The molecule has 7 nitrogen and oxygen atoms in total. The average molecular weight is 346 g/mol. The van der Waals surface area contributed by atoms with Gasteiger partial charge in [0.15, 0.2) is 0 Å². The van der Waals surface area contributed by atoms with E-state index in [4.69, 9.17) is 32.7 Å². The molecule has 0 aromatic carbocycles. The minimum atomic E-state index is 0.176. The van der Waals surface area contributed by atoms with Crippen molar-refractivity contribution in [1.29, 1.82) is 0 Å². The van der Waals surface area contributed by atoms with Crippen LogP contribution in [0.3, 0.4) is 0 Å². The topological polar surface area (TPSA) is 118 Å². The van der Waals surface area contributed by atoms with Crippen molar-refractivity contribution in [1.82, 2.24) is 0 Å². The van der Waals surface area contributed by atoms with Crippen molar-refractivity contribution in [2.45, 2.75) is 18.9 Å². The fourth-order valence-electron chi connectivity index (χ4n) is 1.45. The minimum absolute atomic E-state index is 0.176. The van der Waals surface area contributed by atoms with Crippen LogP contribution in [0.4, 0.5) is 0 Å². The van der Waals surface area contributed by atoms with Gasteiger partial charge in [-0.15, -0.1) is 0 Å². The van der Waals surface area contributed by atoms with Crippen LogP contribution in [0.5, 0.6) is 0 Å². The van der Waals surface area contributed by atoms with E-state index in [0.717, 1.165) is 17.4 Å². The Morgan fingerprint density at radius 2 is 1.36 bits per heavy atom. The van der Waals surface area contributed by atoms with Gasteiger partial charge in [0, 0.05) is 0 Å². The Morgan fingerprint density at radius 1 is 0.955 bits per heavy atom. The molecular weight excluding hydrogens is 332 g/mol. The second kappa shape index (κ2) is 36.7. The van der Waals surface area contributed by atoms with Crippen LogP contribution in [0.25, 0.3) is 0 Å². The fourth-order valence-corrected chi connectivity index (χ4v) is 1.84. The third-order valence-electron chi connectivity index (χ3n) is 2.14. The number of allylic oxidation sites excluding steroid dienone is 1. The Bertz CT molecular complexity index is 331. The van der Waals surface area contributed by atoms with Gasteiger partial charge in [-0.3, -0.25) is 0 Å². The fraction of sp³-hybridized carbons (Fsp3) is 0.429. The third-order valence-corrected chi connectivity index (χ3v) is 2.88. The van der Waals surface area contributed by atoms with E-state index in [9.17, 15) is 0 Å². The molecule has 0 aromatic rings. The Hall–Kier alpha value is -1.24. The molecule has 1 aliphatic rings. The van der Waals surface area contributed by atoms with Gasteiger partial charge in [0.25, 0.3) is 0 Å².